The average Bonchev–Trinajstić information content (AvgIpc) is 2.46. The van der Waals surface area contributed by atoms with Gasteiger partial charge in [-0.05, 0) is 49.3 Å². The molecule has 1 aromatic carbocycles. The van der Waals surface area contributed by atoms with Crippen LogP contribution in [0, 0.1) is 6.92 Å². The van der Waals surface area contributed by atoms with Gasteiger partial charge in [0.1, 0.15) is 5.75 Å². The van der Waals surface area contributed by atoms with Crippen molar-refractivity contribution in [1.82, 2.24) is 16.2 Å². The highest BCUT2D eigenvalue weighted by molar-refractivity contribution is 9.10. The molecule has 0 saturated carbocycles. The molecule has 1 rings (SSSR count). The van der Waals surface area contributed by atoms with Crippen LogP contribution in [0.5, 0.6) is 5.75 Å². The number of benzene rings is 1. The van der Waals surface area contributed by atoms with Crippen LogP contribution in [0.25, 0.3) is 0 Å². The van der Waals surface area contributed by atoms with Crippen LogP contribution in [0.4, 0.5) is 0 Å². The van der Waals surface area contributed by atoms with E-state index in [-0.39, 0.29) is 17.6 Å². The van der Waals surface area contributed by atoms with Crippen LogP contribution in [0.15, 0.2) is 22.7 Å². The summed E-state index contributed by atoms with van der Waals surface area (Å²) in [5, 5.41) is 2.49. The van der Waals surface area contributed by atoms with Gasteiger partial charge in [0.25, 0.3) is 5.91 Å². The maximum absolute atomic E-state index is 11.6. The van der Waals surface area contributed by atoms with Gasteiger partial charge in [-0.25, -0.2) is 0 Å². The molecule has 0 radical (unpaired) electrons. The molecule has 22 heavy (non-hydrogen) atoms. The van der Waals surface area contributed by atoms with E-state index in [0.717, 1.165) is 16.5 Å². The number of carbonyl (C=O) groups is 2. The fourth-order valence-corrected chi connectivity index (χ4v) is 1.88. The normalized spacial score (nSPS) is 9.77. The number of carbonyl (C=O) groups excluding carboxylic acids is 2. The Kier molecular flexibility index (Phi) is 7.83. The van der Waals surface area contributed by atoms with Gasteiger partial charge in [0.05, 0.1) is 0 Å². The molecule has 120 valence electrons. The Morgan fingerprint density at radius 1 is 1.27 bits per heavy atom. The van der Waals surface area contributed by atoms with Crippen LogP contribution < -0.4 is 20.9 Å². The lowest BCUT2D eigenvalue weighted by Crippen LogP contribution is -2.49. The Hall–Kier alpha value is -1.67. The van der Waals surface area contributed by atoms with Gasteiger partial charge in [-0.3, -0.25) is 20.4 Å². The number of amides is 2. The quantitative estimate of drug-likeness (QED) is 0.531. The highest BCUT2D eigenvalue weighted by atomic mass is 79.9. The summed E-state index contributed by atoms with van der Waals surface area (Å²) in [7, 11) is 0. The number of ether oxygens (including phenoxy) is 1. The molecular formula is C14H18BrN3O3S. The summed E-state index contributed by atoms with van der Waals surface area (Å²) >= 11 is 8.26. The number of hydrazine groups is 1. The molecule has 0 aliphatic carbocycles. The first-order chi connectivity index (χ1) is 10.4. The van der Waals surface area contributed by atoms with E-state index in [2.05, 4.69) is 32.1 Å². The molecule has 0 bridgehead atoms. The Balaban J connectivity index is 2.30. The van der Waals surface area contributed by atoms with Crippen LogP contribution in [0.3, 0.4) is 0 Å². The maximum atomic E-state index is 11.6. The molecule has 0 aliphatic heterocycles. The van der Waals surface area contributed by atoms with Crippen molar-refractivity contribution in [3.05, 3.63) is 28.2 Å². The van der Waals surface area contributed by atoms with Gasteiger partial charge in [-0.1, -0.05) is 22.9 Å². The number of aryl methyl sites for hydroxylation is 1. The lowest BCUT2D eigenvalue weighted by Gasteiger charge is -2.11. The second-order valence-corrected chi connectivity index (χ2v) is 5.76. The molecule has 0 atom stereocenters. The minimum atomic E-state index is -0.410. The Morgan fingerprint density at radius 3 is 2.64 bits per heavy atom. The summed E-state index contributed by atoms with van der Waals surface area (Å²) in [4.78, 5) is 22.9. The van der Waals surface area contributed by atoms with Gasteiger partial charge >= 0.3 is 0 Å². The van der Waals surface area contributed by atoms with Crippen LogP contribution in [0.1, 0.15) is 25.3 Å². The van der Waals surface area contributed by atoms with Gasteiger partial charge < -0.3 is 10.1 Å². The van der Waals surface area contributed by atoms with Crippen molar-refractivity contribution < 1.29 is 14.3 Å². The average molecular weight is 388 g/mol. The second-order valence-electron chi connectivity index (χ2n) is 4.50. The van der Waals surface area contributed by atoms with Crippen molar-refractivity contribution >= 4 is 45.1 Å². The Morgan fingerprint density at radius 2 is 2.00 bits per heavy atom. The topological polar surface area (TPSA) is 79.5 Å². The molecular weight excluding hydrogens is 370 g/mol. The van der Waals surface area contributed by atoms with Crippen molar-refractivity contribution in [2.45, 2.75) is 26.7 Å². The van der Waals surface area contributed by atoms with E-state index in [0.29, 0.717) is 12.2 Å². The van der Waals surface area contributed by atoms with E-state index in [1.54, 1.807) is 6.07 Å². The summed E-state index contributed by atoms with van der Waals surface area (Å²) in [6.45, 7) is 3.65. The lowest BCUT2D eigenvalue weighted by atomic mass is 10.2. The third-order valence-corrected chi connectivity index (χ3v) is 3.64. The van der Waals surface area contributed by atoms with Crippen molar-refractivity contribution in [1.29, 1.82) is 0 Å². The molecule has 6 nitrogen and oxygen atoms in total. The van der Waals surface area contributed by atoms with Crippen LogP contribution in [0.2, 0.25) is 0 Å². The third kappa shape index (κ3) is 6.86. The largest absolute Gasteiger partial charge is 0.484 e. The Bertz CT molecular complexity index is 566. The molecule has 3 N–H and O–H groups in total. The Labute approximate surface area is 143 Å². The SMILES string of the molecule is CCCC(=O)NC(=S)NNC(=O)COc1ccc(Br)c(C)c1. The zero-order valence-electron chi connectivity index (χ0n) is 12.4. The molecule has 0 aromatic heterocycles. The molecule has 0 saturated heterocycles. The zero-order valence-corrected chi connectivity index (χ0v) is 14.8. The first-order valence-corrected chi connectivity index (χ1v) is 7.90. The summed E-state index contributed by atoms with van der Waals surface area (Å²) in [6, 6.07) is 5.42. The molecule has 0 heterocycles. The first kappa shape index (κ1) is 18.4. The fourth-order valence-electron chi connectivity index (χ4n) is 1.47. The molecule has 1 aromatic rings. The predicted molar refractivity (Wildman–Crippen MR) is 91.3 cm³/mol. The van der Waals surface area contributed by atoms with Gasteiger partial charge in [0.15, 0.2) is 11.7 Å². The zero-order chi connectivity index (χ0) is 16.5. The summed E-state index contributed by atoms with van der Waals surface area (Å²) in [5.41, 5.74) is 5.80. The van der Waals surface area contributed by atoms with Gasteiger partial charge in [-0.2, -0.15) is 0 Å². The summed E-state index contributed by atoms with van der Waals surface area (Å²) in [6.07, 6.45) is 1.10. The van der Waals surface area contributed by atoms with Crippen LogP contribution >= 0.6 is 28.1 Å². The third-order valence-electron chi connectivity index (χ3n) is 2.54. The first-order valence-electron chi connectivity index (χ1n) is 6.70. The molecule has 0 spiro atoms. The maximum Gasteiger partial charge on any atom is 0.276 e. The molecule has 0 fully saturated rings. The number of halogens is 1. The lowest BCUT2D eigenvalue weighted by molar-refractivity contribution is -0.124. The summed E-state index contributed by atoms with van der Waals surface area (Å²) in [5.74, 6) is -0.0156. The van der Waals surface area contributed by atoms with E-state index in [4.69, 9.17) is 17.0 Å². The van der Waals surface area contributed by atoms with Crippen molar-refractivity contribution in [3.8, 4) is 5.75 Å². The molecule has 0 unspecified atom stereocenters. The molecule has 0 aliphatic rings. The molecule has 8 heteroatoms. The highest BCUT2D eigenvalue weighted by Gasteiger charge is 2.06. The minimum Gasteiger partial charge on any atom is -0.484 e. The highest BCUT2D eigenvalue weighted by Crippen LogP contribution is 2.21. The van der Waals surface area contributed by atoms with E-state index in [9.17, 15) is 9.59 Å². The minimum absolute atomic E-state index is 0.0475. The number of thiocarbonyl (C=S) groups is 1. The van der Waals surface area contributed by atoms with Gasteiger partial charge in [-0.15, -0.1) is 0 Å². The standard InChI is InChI=1S/C14H18BrN3O3S/c1-3-4-12(19)16-14(22)18-17-13(20)8-21-10-5-6-11(15)9(2)7-10/h5-7H,3-4,8H2,1-2H3,(H,17,20)(H2,16,18,19,22). The molecule has 2 amide bonds. The summed E-state index contributed by atoms with van der Waals surface area (Å²) < 4.78 is 6.32. The number of rotatable bonds is 5. The van der Waals surface area contributed by atoms with Crippen LogP contribution in [-0.2, 0) is 9.59 Å². The van der Waals surface area contributed by atoms with Crippen molar-refractivity contribution in [2.75, 3.05) is 6.61 Å². The van der Waals surface area contributed by atoms with E-state index >= 15 is 0 Å². The monoisotopic (exact) mass is 387 g/mol. The van der Waals surface area contributed by atoms with E-state index in [1.807, 2.05) is 26.0 Å². The van der Waals surface area contributed by atoms with Gasteiger partial charge in [0.2, 0.25) is 5.91 Å². The van der Waals surface area contributed by atoms with Crippen molar-refractivity contribution in [2.24, 2.45) is 0 Å². The van der Waals surface area contributed by atoms with Gasteiger partial charge in [0, 0.05) is 10.9 Å². The fraction of sp³-hybridized carbons (Fsp3) is 0.357. The van der Waals surface area contributed by atoms with Crippen molar-refractivity contribution in [3.63, 3.8) is 0 Å². The second kappa shape index (κ2) is 9.37. The van der Waals surface area contributed by atoms with Crippen LogP contribution in [-0.4, -0.2) is 23.5 Å². The smallest absolute Gasteiger partial charge is 0.276 e. The number of hydrogen-bond donors (Lipinski definition) is 3. The van der Waals surface area contributed by atoms with E-state index < -0.39 is 5.91 Å². The predicted octanol–water partition coefficient (Wildman–Crippen LogP) is 1.96. The number of nitrogens with one attached hydrogen (secondary N) is 3. The van der Waals surface area contributed by atoms with E-state index in [1.165, 1.54) is 0 Å². The number of hydrogen-bond acceptors (Lipinski definition) is 4.